The summed E-state index contributed by atoms with van der Waals surface area (Å²) in [6.45, 7) is 4.16. The number of fused-ring (bicyclic) bond motifs is 2. The molecule has 0 saturated carbocycles. The molecule has 1 aliphatic heterocycles. The first-order valence-corrected chi connectivity index (χ1v) is 9.52. The number of nitrogens with zero attached hydrogens (tertiary/aromatic N) is 3. The molecule has 28 heavy (non-hydrogen) atoms. The summed E-state index contributed by atoms with van der Waals surface area (Å²) in [6.07, 6.45) is -0.629. The van der Waals surface area contributed by atoms with Crippen LogP contribution in [0.15, 0.2) is 59.4 Å². The molecule has 2 atom stereocenters. The van der Waals surface area contributed by atoms with Crippen LogP contribution in [0.3, 0.4) is 0 Å². The van der Waals surface area contributed by atoms with Gasteiger partial charge in [0.25, 0.3) is 5.56 Å². The number of aliphatic hydroxyl groups excluding tert-OH is 1. The van der Waals surface area contributed by atoms with Crippen LogP contribution in [-0.4, -0.2) is 32.0 Å². The quantitative estimate of drug-likeness (QED) is 0.758. The second-order valence-electron chi connectivity index (χ2n) is 7.49. The summed E-state index contributed by atoms with van der Waals surface area (Å²) in [4.78, 5) is 32.3. The van der Waals surface area contributed by atoms with E-state index in [2.05, 4.69) is 4.98 Å². The lowest BCUT2D eigenvalue weighted by molar-refractivity contribution is -0.152. The van der Waals surface area contributed by atoms with Gasteiger partial charge in [-0.3, -0.25) is 14.2 Å². The first-order valence-electron chi connectivity index (χ1n) is 9.52. The molecule has 6 heteroatoms. The van der Waals surface area contributed by atoms with E-state index in [-0.39, 0.29) is 23.2 Å². The molecule has 0 saturated heterocycles. The van der Waals surface area contributed by atoms with Crippen molar-refractivity contribution in [2.45, 2.75) is 32.5 Å². The molecule has 3 aromatic rings. The third kappa shape index (κ3) is 2.99. The molecule has 1 aromatic heterocycles. The Bertz CT molecular complexity index is 1080. The Balaban J connectivity index is 1.79. The van der Waals surface area contributed by atoms with Gasteiger partial charge in [-0.1, -0.05) is 56.3 Å². The van der Waals surface area contributed by atoms with E-state index in [0.29, 0.717) is 23.9 Å². The molecular formula is C22H23N3O3. The summed E-state index contributed by atoms with van der Waals surface area (Å²) in [5.74, 6) is -0.126. The second kappa shape index (κ2) is 7.20. The Morgan fingerprint density at radius 2 is 1.71 bits per heavy atom. The maximum atomic E-state index is 13.2. The van der Waals surface area contributed by atoms with Crippen molar-refractivity contribution in [1.82, 2.24) is 14.5 Å². The highest BCUT2D eigenvalue weighted by Crippen LogP contribution is 2.32. The topological polar surface area (TPSA) is 75.4 Å². The standard InChI is InChI=1S/C22H23N3O3/c1-14(2)18-21(27)24(13-12-15-8-4-3-5-9-15)22(28)19-23-17-11-7-6-10-16(17)20(26)25(18)19/h3-11,14,18,22,28H,12-13H2,1-2H3/t18-,22+/m0/s1. The number of hydrogen-bond donors (Lipinski definition) is 1. The summed E-state index contributed by atoms with van der Waals surface area (Å²) in [6, 6.07) is 16.2. The number of rotatable bonds is 4. The van der Waals surface area contributed by atoms with Gasteiger partial charge in [-0.2, -0.15) is 0 Å². The van der Waals surface area contributed by atoms with Crippen LogP contribution < -0.4 is 5.56 Å². The Morgan fingerprint density at radius 3 is 2.43 bits per heavy atom. The number of para-hydroxylation sites is 1. The van der Waals surface area contributed by atoms with E-state index in [1.807, 2.05) is 44.2 Å². The van der Waals surface area contributed by atoms with Crippen molar-refractivity contribution < 1.29 is 9.90 Å². The van der Waals surface area contributed by atoms with E-state index in [9.17, 15) is 14.7 Å². The molecule has 1 N–H and O–H groups in total. The van der Waals surface area contributed by atoms with E-state index in [1.165, 1.54) is 9.47 Å². The lowest BCUT2D eigenvalue weighted by Gasteiger charge is -2.39. The molecule has 0 unspecified atom stereocenters. The number of aromatic nitrogens is 2. The minimum absolute atomic E-state index is 0.112. The predicted octanol–water partition coefficient (Wildman–Crippen LogP) is 2.67. The molecule has 144 valence electrons. The highest BCUT2D eigenvalue weighted by atomic mass is 16.3. The van der Waals surface area contributed by atoms with Gasteiger partial charge < -0.3 is 10.0 Å². The van der Waals surface area contributed by atoms with Crippen molar-refractivity contribution in [2.24, 2.45) is 5.92 Å². The molecule has 0 bridgehead atoms. The van der Waals surface area contributed by atoms with Crippen LogP contribution in [0.25, 0.3) is 10.9 Å². The fourth-order valence-electron chi connectivity index (χ4n) is 3.86. The molecule has 2 heterocycles. The molecule has 0 fully saturated rings. The fourth-order valence-corrected chi connectivity index (χ4v) is 3.86. The third-order valence-electron chi connectivity index (χ3n) is 5.29. The van der Waals surface area contributed by atoms with E-state index < -0.39 is 12.3 Å². The number of benzene rings is 2. The summed E-state index contributed by atoms with van der Waals surface area (Å²) in [5, 5.41) is 11.4. The number of amides is 1. The zero-order valence-electron chi connectivity index (χ0n) is 15.9. The summed E-state index contributed by atoms with van der Waals surface area (Å²) in [7, 11) is 0. The van der Waals surface area contributed by atoms with Crippen LogP contribution in [0.4, 0.5) is 0 Å². The monoisotopic (exact) mass is 377 g/mol. The van der Waals surface area contributed by atoms with Gasteiger partial charge in [0.1, 0.15) is 6.04 Å². The zero-order valence-corrected chi connectivity index (χ0v) is 15.9. The minimum atomic E-state index is -1.25. The molecule has 1 aliphatic rings. The van der Waals surface area contributed by atoms with Gasteiger partial charge >= 0.3 is 0 Å². The SMILES string of the molecule is CC(C)[C@H]1C(=O)N(CCc2ccccc2)[C@H](O)c2nc3ccccc3c(=O)n21. The van der Waals surface area contributed by atoms with Crippen molar-refractivity contribution in [2.75, 3.05) is 6.54 Å². The van der Waals surface area contributed by atoms with Gasteiger partial charge in [0.2, 0.25) is 5.91 Å². The third-order valence-corrected chi connectivity index (χ3v) is 5.29. The number of carbonyl (C=O) groups excluding carboxylic acids is 1. The number of hydrogen-bond acceptors (Lipinski definition) is 4. The first kappa shape index (κ1) is 18.4. The van der Waals surface area contributed by atoms with Crippen LogP contribution in [0, 0.1) is 5.92 Å². The Kier molecular flexibility index (Phi) is 4.73. The van der Waals surface area contributed by atoms with Crippen LogP contribution in [-0.2, 0) is 11.2 Å². The molecule has 1 amide bonds. The molecule has 0 spiro atoms. The van der Waals surface area contributed by atoms with E-state index >= 15 is 0 Å². The predicted molar refractivity (Wildman–Crippen MR) is 107 cm³/mol. The minimum Gasteiger partial charge on any atom is -0.367 e. The van der Waals surface area contributed by atoms with Gasteiger partial charge in [0.15, 0.2) is 12.1 Å². The average Bonchev–Trinajstić information content (AvgIpc) is 2.69. The van der Waals surface area contributed by atoms with Crippen molar-refractivity contribution in [3.8, 4) is 0 Å². The Labute approximate surface area is 163 Å². The van der Waals surface area contributed by atoms with E-state index in [0.717, 1.165) is 5.56 Å². The largest absolute Gasteiger partial charge is 0.367 e. The first-order chi connectivity index (χ1) is 13.5. The van der Waals surface area contributed by atoms with E-state index in [1.54, 1.807) is 24.3 Å². The molecule has 4 rings (SSSR count). The van der Waals surface area contributed by atoms with Crippen LogP contribution in [0.5, 0.6) is 0 Å². The smallest absolute Gasteiger partial charge is 0.262 e. The Hall–Kier alpha value is -2.99. The van der Waals surface area contributed by atoms with Gasteiger partial charge in [0.05, 0.1) is 10.9 Å². The molecule has 0 radical (unpaired) electrons. The van der Waals surface area contributed by atoms with Crippen LogP contribution in [0.1, 0.15) is 37.5 Å². The number of carbonyl (C=O) groups is 1. The molecule has 6 nitrogen and oxygen atoms in total. The van der Waals surface area contributed by atoms with Crippen molar-refractivity contribution >= 4 is 16.8 Å². The lowest BCUT2D eigenvalue weighted by atomic mass is 9.98. The Morgan fingerprint density at radius 1 is 1.04 bits per heavy atom. The maximum Gasteiger partial charge on any atom is 0.262 e. The molecule has 2 aromatic carbocycles. The highest BCUT2D eigenvalue weighted by Gasteiger charge is 2.41. The van der Waals surface area contributed by atoms with Crippen LogP contribution in [0.2, 0.25) is 0 Å². The summed E-state index contributed by atoms with van der Waals surface area (Å²) < 4.78 is 1.39. The molecule has 0 aliphatic carbocycles. The average molecular weight is 377 g/mol. The van der Waals surface area contributed by atoms with Crippen molar-refractivity contribution in [1.29, 1.82) is 0 Å². The van der Waals surface area contributed by atoms with Gasteiger partial charge in [-0.15, -0.1) is 0 Å². The summed E-state index contributed by atoms with van der Waals surface area (Å²) >= 11 is 0. The highest BCUT2D eigenvalue weighted by molar-refractivity contribution is 5.84. The van der Waals surface area contributed by atoms with Gasteiger partial charge in [-0.25, -0.2) is 4.98 Å². The molecular weight excluding hydrogens is 354 g/mol. The maximum absolute atomic E-state index is 13.2. The van der Waals surface area contributed by atoms with Crippen LogP contribution >= 0.6 is 0 Å². The van der Waals surface area contributed by atoms with Gasteiger partial charge in [-0.05, 0) is 30.0 Å². The lowest BCUT2D eigenvalue weighted by Crippen LogP contribution is -2.52. The zero-order chi connectivity index (χ0) is 19.8. The number of aliphatic hydroxyl groups is 1. The van der Waals surface area contributed by atoms with Crippen molar-refractivity contribution in [3.63, 3.8) is 0 Å². The van der Waals surface area contributed by atoms with Crippen molar-refractivity contribution in [3.05, 3.63) is 76.3 Å². The summed E-state index contributed by atoms with van der Waals surface area (Å²) in [5.41, 5.74) is 1.32. The second-order valence-corrected chi connectivity index (χ2v) is 7.49. The van der Waals surface area contributed by atoms with Gasteiger partial charge in [0, 0.05) is 6.54 Å². The van der Waals surface area contributed by atoms with E-state index in [4.69, 9.17) is 0 Å². The fraction of sp³-hybridized carbons (Fsp3) is 0.318. The normalized spacial score (nSPS) is 19.3.